The van der Waals surface area contributed by atoms with E-state index in [1.807, 2.05) is 13.0 Å². The molecular weight excluding hydrogens is 427 g/mol. The van der Waals surface area contributed by atoms with Crippen LogP contribution in [0.25, 0.3) is 0 Å². The summed E-state index contributed by atoms with van der Waals surface area (Å²) in [6.07, 6.45) is 16.5. The van der Waals surface area contributed by atoms with Gasteiger partial charge in [0.2, 0.25) is 0 Å². The first-order chi connectivity index (χ1) is 13.5. The Hall–Kier alpha value is 0.680. The second-order valence-corrected chi connectivity index (χ2v) is 12.8. The first-order valence-electron chi connectivity index (χ1n) is 10.7. The van der Waals surface area contributed by atoms with E-state index < -0.39 is 0 Å². The highest BCUT2D eigenvalue weighted by Gasteiger charge is 2.56. The summed E-state index contributed by atoms with van der Waals surface area (Å²) in [6, 6.07) is 0.590. The van der Waals surface area contributed by atoms with Gasteiger partial charge in [0.25, 0.3) is 0 Å². The predicted octanol–water partition coefficient (Wildman–Crippen LogP) is 6.21. The van der Waals surface area contributed by atoms with Gasteiger partial charge < -0.3 is 10.6 Å². The molecule has 0 aromatic carbocycles. The van der Waals surface area contributed by atoms with Crippen LogP contribution in [0.3, 0.4) is 0 Å². The number of thioether (sulfide) groups is 2. The highest BCUT2D eigenvalue weighted by molar-refractivity contribution is 8.05. The molecule has 5 unspecified atom stereocenters. The van der Waals surface area contributed by atoms with Crippen LogP contribution in [0.2, 0.25) is 0 Å². The van der Waals surface area contributed by atoms with Crippen LogP contribution in [0.5, 0.6) is 0 Å². The molecule has 4 bridgehead atoms. The van der Waals surface area contributed by atoms with Crippen LogP contribution in [0, 0.1) is 17.8 Å². The van der Waals surface area contributed by atoms with Gasteiger partial charge in [-0.3, -0.25) is 0 Å². The summed E-state index contributed by atoms with van der Waals surface area (Å²) in [5.74, 6) is 2.69. The van der Waals surface area contributed by atoms with Gasteiger partial charge in [0.1, 0.15) is 0 Å². The normalized spacial score (nSPS) is 37.0. The molecule has 4 aliphatic rings. The van der Waals surface area contributed by atoms with Crippen molar-refractivity contribution in [3.63, 3.8) is 0 Å². The predicted molar refractivity (Wildman–Crippen MR) is 130 cm³/mol. The van der Waals surface area contributed by atoms with Crippen molar-refractivity contribution in [3.8, 4) is 0 Å². The smallest absolute Gasteiger partial charge is 0.0820 e. The van der Waals surface area contributed by atoms with E-state index in [2.05, 4.69) is 36.0 Å². The Morgan fingerprint density at radius 1 is 1.21 bits per heavy atom. The zero-order valence-electron chi connectivity index (χ0n) is 17.4. The number of allylic oxidation sites excluding steroid dienone is 2. The van der Waals surface area contributed by atoms with E-state index in [1.165, 1.54) is 32.1 Å². The second kappa shape index (κ2) is 10.8. The zero-order valence-corrected chi connectivity index (χ0v) is 20.6. The lowest BCUT2D eigenvalue weighted by atomic mass is 9.50. The van der Waals surface area contributed by atoms with Gasteiger partial charge in [-0.05, 0) is 69.5 Å². The van der Waals surface area contributed by atoms with Gasteiger partial charge >= 0.3 is 0 Å². The highest BCUT2D eigenvalue weighted by atomic mass is 35.5. The molecule has 6 heteroatoms. The number of hydrogen-bond donors (Lipinski definition) is 2. The third-order valence-electron chi connectivity index (χ3n) is 6.79. The Kier molecular flexibility index (Phi) is 9.02. The molecule has 5 atom stereocenters. The molecule has 4 fully saturated rings. The lowest BCUT2D eigenvalue weighted by molar-refractivity contribution is -0.0498. The quantitative estimate of drug-likeness (QED) is 0.281. The molecule has 2 nitrogen and oxygen atoms in total. The van der Waals surface area contributed by atoms with Crippen molar-refractivity contribution < 1.29 is 0 Å². The van der Waals surface area contributed by atoms with Gasteiger partial charge in [-0.15, -0.1) is 35.1 Å². The van der Waals surface area contributed by atoms with E-state index in [0.29, 0.717) is 11.3 Å². The molecule has 28 heavy (non-hydrogen) atoms. The van der Waals surface area contributed by atoms with E-state index in [-0.39, 0.29) is 10.2 Å². The minimum Gasteiger partial charge on any atom is -0.309 e. The van der Waals surface area contributed by atoms with Crippen LogP contribution in [-0.4, -0.2) is 40.9 Å². The summed E-state index contributed by atoms with van der Waals surface area (Å²) in [5, 5.41) is 8.48. The summed E-state index contributed by atoms with van der Waals surface area (Å²) in [5.41, 5.74) is 0.272. The molecule has 4 aliphatic carbocycles. The third kappa shape index (κ3) is 5.88. The Morgan fingerprint density at radius 3 is 2.57 bits per heavy atom. The van der Waals surface area contributed by atoms with Crippen molar-refractivity contribution in [2.24, 2.45) is 17.8 Å². The number of alkyl halides is 1. The molecular formula is C22H36Cl2N2S2. The first-order valence-corrected chi connectivity index (χ1v) is 13.7. The topological polar surface area (TPSA) is 24.1 Å². The molecule has 0 amide bonds. The van der Waals surface area contributed by atoms with E-state index in [9.17, 15) is 0 Å². The summed E-state index contributed by atoms with van der Waals surface area (Å²) >= 11 is 15.9. The fourth-order valence-electron chi connectivity index (χ4n) is 5.88. The Labute approximate surface area is 190 Å². The SMILES string of the molecule is CC=C(Cl)SC(C)CNC12CC3CC(CC(C3)C1NCC=CCC(Cl)SC)C2. The Bertz CT molecular complexity index is 555. The molecule has 2 N–H and O–H groups in total. The van der Waals surface area contributed by atoms with Crippen molar-refractivity contribution in [1.82, 2.24) is 10.6 Å². The number of rotatable bonds is 11. The molecule has 0 spiro atoms. The molecule has 0 saturated heterocycles. The standard InChI is InChI=1S/C22H36Cl2N2S2/c1-4-19(23)28-15(2)14-26-22-12-16-9-17(13-22)11-18(10-16)21(22)25-8-6-5-7-20(24)27-3/h4-6,15-18,20-21,25-26H,7-14H2,1-3H3. The summed E-state index contributed by atoms with van der Waals surface area (Å²) in [4.78, 5) is 0. The van der Waals surface area contributed by atoms with Gasteiger partial charge in [-0.2, -0.15) is 0 Å². The number of hydrogen-bond acceptors (Lipinski definition) is 4. The van der Waals surface area contributed by atoms with Crippen molar-refractivity contribution in [2.45, 2.75) is 73.9 Å². The van der Waals surface area contributed by atoms with Crippen molar-refractivity contribution >= 4 is 46.7 Å². The maximum atomic E-state index is 6.24. The van der Waals surface area contributed by atoms with E-state index in [4.69, 9.17) is 23.2 Å². The Morgan fingerprint density at radius 2 is 1.93 bits per heavy atom. The molecule has 4 rings (SSSR count). The third-order valence-corrected chi connectivity index (χ3v) is 9.73. The van der Waals surface area contributed by atoms with Crippen LogP contribution in [0.4, 0.5) is 0 Å². The Balaban J connectivity index is 1.59. The first kappa shape index (κ1) is 23.3. The molecule has 0 heterocycles. The highest BCUT2D eigenvalue weighted by Crippen LogP contribution is 2.55. The van der Waals surface area contributed by atoms with Crippen LogP contribution >= 0.6 is 46.7 Å². The van der Waals surface area contributed by atoms with Crippen LogP contribution < -0.4 is 10.6 Å². The number of halogens is 2. The largest absolute Gasteiger partial charge is 0.309 e. The average molecular weight is 464 g/mol. The number of nitrogens with one attached hydrogen (secondary N) is 2. The molecule has 4 saturated carbocycles. The maximum absolute atomic E-state index is 6.24. The minimum absolute atomic E-state index is 0.188. The monoisotopic (exact) mass is 462 g/mol. The average Bonchev–Trinajstić information content (AvgIpc) is 2.67. The van der Waals surface area contributed by atoms with Crippen molar-refractivity contribution in [1.29, 1.82) is 0 Å². The molecule has 0 aromatic rings. The van der Waals surface area contributed by atoms with E-state index >= 15 is 0 Å². The van der Waals surface area contributed by atoms with Gasteiger partial charge in [0, 0.05) is 29.9 Å². The summed E-state index contributed by atoms with van der Waals surface area (Å²) in [7, 11) is 0. The molecule has 160 valence electrons. The summed E-state index contributed by atoms with van der Waals surface area (Å²) in [6.45, 7) is 6.26. The molecule has 0 radical (unpaired) electrons. The molecule has 0 aromatic heterocycles. The van der Waals surface area contributed by atoms with Gasteiger partial charge in [0.05, 0.1) is 9.07 Å². The fourth-order valence-corrected chi connectivity index (χ4v) is 7.43. The van der Waals surface area contributed by atoms with Crippen LogP contribution in [0.1, 0.15) is 52.4 Å². The van der Waals surface area contributed by atoms with Crippen LogP contribution in [0.15, 0.2) is 22.6 Å². The van der Waals surface area contributed by atoms with Crippen molar-refractivity contribution in [2.75, 3.05) is 19.3 Å². The second-order valence-electron chi connectivity index (χ2n) is 8.90. The maximum Gasteiger partial charge on any atom is 0.0820 e. The van der Waals surface area contributed by atoms with E-state index in [1.54, 1.807) is 23.5 Å². The minimum atomic E-state index is 0.188. The van der Waals surface area contributed by atoms with E-state index in [0.717, 1.165) is 41.6 Å². The zero-order chi connectivity index (χ0) is 20.1. The molecule has 0 aliphatic heterocycles. The van der Waals surface area contributed by atoms with Crippen LogP contribution in [-0.2, 0) is 0 Å². The van der Waals surface area contributed by atoms with Gasteiger partial charge in [-0.1, -0.05) is 36.8 Å². The lowest BCUT2D eigenvalue weighted by Crippen LogP contribution is -2.71. The van der Waals surface area contributed by atoms with Gasteiger partial charge in [0.15, 0.2) is 0 Å². The van der Waals surface area contributed by atoms with Gasteiger partial charge in [-0.25, -0.2) is 0 Å². The fraction of sp³-hybridized carbons (Fsp3) is 0.818. The van der Waals surface area contributed by atoms with Crippen molar-refractivity contribution in [3.05, 3.63) is 22.6 Å². The summed E-state index contributed by atoms with van der Waals surface area (Å²) < 4.78 is 1.09. The lowest BCUT2D eigenvalue weighted by Gasteiger charge is -2.62.